The monoisotopic (exact) mass is 272 g/mol. The maximum atomic E-state index is 13.1. The molecule has 4 heteroatoms. The number of hydrogen-bond donors (Lipinski definition) is 0. The molecule has 1 atom stereocenters. The third-order valence-electron chi connectivity index (χ3n) is 2.61. The number of nitrogens with zero attached hydrogens (tertiary/aromatic N) is 2. The normalized spacial score (nSPS) is 22.9. The molecule has 1 saturated heterocycles. The highest BCUT2D eigenvalue weighted by molar-refractivity contribution is 9.10. The second-order valence-corrected chi connectivity index (χ2v) is 4.74. The van der Waals surface area contributed by atoms with Gasteiger partial charge in [-0.15, -0.1) is 0 Å². The van der Waals surface area contributed by atoms with Crippen LogP contribution in [-0.4, -0.2) is 29.1 Å². The minimum atomic E-state index is -0.661. The Morgan fingerprint density at radius 3 is 3.13 bits per heavy atom. The quantitative estimate of drug-likeness (QED) is 0.770. The minimum Gasteiger partial charge on any atom is -0.295 e. The van der Waals surface area contributed by atoms with Crippen molar-refractivity contribution in [3.05, 3.63) is 28.5 Å². The molecule has 0 saturated carbocycles. The second-order valence-electron chi connectivity index (χ2n) is 3.93. The third-order valence-corrected chi connectivity index (χ3v) is 3.05. The highest BCUT2D eigenvalue weighted by Crippen LogP contribution is 2.15. The molecule has 1 aliphatic rings. The van der Waals surface area contributed by atoms with Gasteiger partial charge in [0.1, 0.15) is 10.8 Å². The van der Waals surface area contributed by atoms with Crippen LogP contribution >= 0.6 is 15.9 Å². The van der Waals surface area contributed by atoms with Gasteiger partial charge in [0, 0.05) is 13.1 Å². The van der Waals surface area contributed by atoms with Gasteiger partial charge >= 0.3 is 0 Å². The summed E-state index contributed by atoms with van der Waals surface area (Å²) >= 11 is 3.34. The van der Waals surface area contributed by atoms with E-state index in [0.29, 0.717) is 13.0 Å². The van der Waals surface area contributed by atoms with Gasteiger partial charge < -0.3 is 0 Å². The highest BCUT2D eigenvalue weighted by Gasteiger charge is 2.19. The Bertz CT molecular complexity index is 332. The lowest BCUT2D eigenvalue weighted by Crippen LogP contribution is -2.36. The van der Waals surface area contributed by atoms with Gasteiger partial charge in [0.2, 0.25) is 0 Å². The van der Waals surface area contributed by atoms with E-state index < -0.39 is 6.17 Å². The molecule has 1 unspecified atom stereocenters. The van der Waals surface area contributed by atoms with Crippen molar-refractivity contribution in [1.82, 2.24) is 9.88 Å². The van der Waals surface area contributed by atoms with Crippen molar-refractivity contribution in [3.63, 3.8) is 0 Å². The van der Waals surface area contributed by atoms with Crippen molar-refractivity contribution in [2.45, 2.75) is 25.6 Å². The summed E-state index contributed by atoms with van der Waals surface area (Å²) in [6.07, 6.45) is 1.00. The van der Waals surface area contributed by atoms with Crippen LogP contribution in [0.5, 0.6) is 0 Å². The van der Waals surface area contributed by atoms with Crippen LogP contribution in [0, 0.1) is 0 Å². The topological polar surface area (TPSA) is 16.1 Å². The number of rotatable bonds is 2. The zero-order valence-corrected chi connectivity index (χ0v) is 10.1. The van der Waals surface area contributed by atoms with Crippen molar-refractivity contribution in [1.29, 1.82) is 0 Å². The molecular weight excluding hydrogens is 259 g/mol. The maximum absolute atomic E-state index is 13.1. The van der Waals surface area contributed by atoms with E-state index in [1.165, 1.54) is 0 Å². The van der Waals surface area contributed by atoms with Crippen LogP contribution in [0.4, 0.5) is 4.39 Å². The summed E-state index contributed by atoms with van der Waals surface area (Å²) < 4.78 is 14.0. The Labute approximate surface area is 97.6 Å². The second kappa shape index (κ2) is 5.03. The number of alkyl halides is 1. The predicted octanol–water partition coefficient (Wildman–Crippen LogP) is 2.78. The lowest BCUT2D eigenvalue weighted by Gasteiger charge is -2.28. The van der Waals surface area contributed by atoms with E-state index in [0.717, 1.165) is 29.8 Å². The van der Waals surface area contributed by atoms with Crippen molar-refractivity contribution in [2.24, 2.45) is 0 Å². The number of hydrogen-bond acceptors (Lipinski definition) is 2. The fraction of sp³-hybridized carbons (Fsp3) is 0.545. The first-order valence-electron chi connectivity index (χ1n) is 5.22. The van der Waals surface area contributed by atoms with E-state index >= 15 is 0 Å². The average molecular weight is 273 g/mol. The molecule has 15 heavy (non-hydrogen) atoms. The first-order valence-corrected chi connectivity index (χ1v) is 6.01. The molecule has 82 valence electrons. The van der Waals surface area contributed by atoms with Crippen LogP contribution in [0.15, 0.2) is 22.8 Å². The number of likely N-dealkylation sites (tertiary alicyclic amines) is 1. The van der Waals surface area contributed by atoms with E-state index in [4.69, 9.17) is 0 Å². The lowest BCUT2D eigenvalue weighted by molar-refractivity contribution is 0.131. The molecule has 0 radical (unpaired) electrons. The van der Waals surface area contributed by atoms with Crippen molar-refractivity contribution < 1.29 is 4.39 Å². The van der Waals surface area contributed by atoms with Gasteiger partial charge in [-0.3, -0.25) is 4.90 Å². The summed E-state index contributed by atoms with van der Waals surface area (Å²) in [6, 6.07) is 5.84. The van der Waals surface area contributed by atoms with Crippen LogP contribution in [0.2, 0.25) is 0 Å². The summed E-state index contributed by atoms with van der Waals surface area (Å²) in [4.78, 5) is 6.47. The predicted molar refractivity (Wildman–Crippen MR) is 61.3 cm³/mol. The molecule has 0 aromatic carbocycles. The standard InChI is InChI=1S/C11H14BrFN2/c12-11-5-1-4-10(14-11)8-15-6-2-3-9(13)7-15/h1,4-5,9H,2-3,6-8H2. The Balaban J connectivity index is 1.96. The van der Waals surface area contributed by atoms with Gasteiger partial charge in [-0.05, 0) is 47.4 Å². The van der Waals surface area contributed by atoms with Gasteiger partial charge in [-0.25, -0.2) is 9.37 Å². The zero-order chi connectivity index (χ0) is 10.7. The van der Waals surface area contributed by atoms with Crippen molar-refractivity contribution >= 4 is 15.9 Å². The molecule has 1 aliphatic heterocycles. The Morgan fingerprint density at radius 2 is 2.40 bits per heavy atom. The van der Waals surface area contributed by atoms with E-state index in [1.807, 2.05) is 18.2 Å². The minimum absolute atomic E-state index is 0.550. The molecular formula is C11H14BrFN2. The Morgan fingerprint density at radius 1 is 1.53 bits per heavy atom. The van der Waals surface area contributed by atoms with Gasteiger partial charge in [-0.2, -0.15) is 0 Å². The number of aromatic nitrogens is 1. The van der Waals surface area contributed by atoms with Gasteiger partial charge in [-0.1, -0.05) is 6.07 Å². The van der Waals surface area contributed by atoms with Crippen molar-refractivity contribution in [2.75, 3.05) is 13.1 Å². The van der Waals surface area contributed by atoms with Gasteiger partial charge in [0.05, 0.1) is 5.69 Å². The molecule has 1 aromatic rings. The van der Waals surface area contributed by atoms with E-state index in [1.54, 1.807) is 0 Å². The Kier molecular flexibility index (Phi) is 3.70. The van der Waals surface area contributed by atoms with Crippen LogP contribution in [-0.2, 0) is 6.54 Å². The summed E-state index contributed by atoms with van der Waals surface area (Å²) in [7, 11) is 0. The largest absolute Gasteiger partial charge is 0.295 e. The van der Waals surface area contributed by atoms with E-state index in [2.05, 4.69) is 25.8 Å². The molecule has 2 rings (SSSR count). The summed E-state index contributed by atoms with van der Waals surface area (Å²) in [5, 5.41) is 0. The summed E-state index contributed by atoms with van der Waals surface area (Å²) in [5.74, 6) is 0. The number of piperidine rings is 1. The van der Waals surface area contributed by atoms with E-state index in [9.17, 15) is 4.39 Å². The third kappa shape index (κ3) is 3.24. The Hall–Kier alpha value is -0.480. The number of pyridine rings is 1. The SMILES string of the molecule is FC1CCCN(Cc2cccc(Br)n2)C1. The zero-order valence-electron chi connectivity index (χ0n) is 8.50. The number of halogens is 2. The molecule has 1 fully saturated rings. The highest BCUT2D eigenvalue weighted by atomic mass is 79.9. The summed E-state index contributed by atoms with van der Waals surface area (Å²) in [6.45, 7) is 2.28. The molecule has 0 N–H and O–H groups in total. The fourth-order valence-corrected chi connectivity index (χ4v) is 2.29. The van der Waals surface area contributed by atoms with Crippen LogP contribution in [0.1, 0.15) is 18.5 Å². The smallest absolute Gasteiger partial charge is 0.113 e. The molecule has 0 bridgehead atoms. The fourth-order valence-electron chi connectivity index (χ4n) is 1.91. The lowest BCUT2D eigenvalue weighted by atomic mass is 10.1. The molecule has 0 spiro atoms. The molecule has 2 nitrogen and oxygen atoms in total. The molecule has 0 aliphatic carbocycles. The van der Waals surface area contributed by atoms with Gasteiger partial charge in [0.25, 0.3) is 0 Å². The first-order chi connectivity index (χ1) is 7.24. The first kappa shape index (κ1) is 11.0. The molecule has 1 aromatic heterocycles. The van der Waals surface area contributed by atoms with E-state index in [-0.39, 0.29) is 0 Å². The maximum Gasteiger partial charge on any atom is 0.113 e. The average Bonchev–Trinajstić information content (AvgIpc) is 2.17. The molecule has 0 amide bonds. The van der Waals surface area contributed by atoms with Crippen molar-refractivity contribution in [3.8, 4) is 0 Å². The van der Waals surface area contributed by atoms with Crippen LogP contribution in [0.3, 0.4) is 0 Å². The molecule has 2 heterocycles. The summed E-state index contributed by atoms with van der Waals surface area (Å²) in [5.41, 5.74) is 0.999. The van der Waals surface area contributed by atoms with Gasteiger partial charge in [0.15, 0.2) is 0 Å². The van der Waals surface area contributed by atoms with Crippen LogP contribution < -0.4 is 0 Å². The van der Waals surface area contributed by atoms with Crippen LogP contribution in [0.25, 0.3) is 0 Å².